The molecule has 3 aromatic heterocycles. The van der Waals surface area contributed by atoms with Gasteiger partial charge in [-0.1, -0.05) is 6.07 Å². The summed E-state index contributed by atoms with van der Waals surface area (Å²) in [5.74, 6) is 1.08. The maximum Gasteiger partial charge on any atom is 0.227 e. The molecule has 0 N–H and O–H groups in total. The smallest absolute Gasteiger partial charge is 0.227 e. The standard InChI is InChI=1S/C21H25N5O/c1-24(2)21-19-9-6-11-25(19)15-17(23-21)18-8-3-4-12-26(18)20(27)13-16-7-5-10-22-14-16/h5-7,9-11,14-15,18H,3-4,8,12-13H2,1-2H3/t18-/m0/s1. The number of hydrogen-bond acceptors (Lipinski definition) is 4. The molecule has 0 aromatic carbocycles. The Kier molecular flexibility index (Phi) is 4.79. The third-order valence-electron chi connectivity index (χ3n) is 5.18. The fraction of sp³-hybridized carbons (Fsp3) is 0.381. The van der Waals surface area contributed by atoms with Crippen LogP contribution in [0.2, 0.25) is 0 Å². The summed E-state index contributed by atoms with van der Waals surface area (Å²) in [5.41, 5.74) is 2.99. The van der Waals surface area contributed by atoms with Crippen LogP contribution in [0.1, 0.15) is 36.6 Å². The number of carbonyl (C=O) groups is 1. The van der Waals surface area contributed by atoms with Gasteiger partial charge in [0.05, 0.1) is 23.7 Å². The maximum atomic E-state index is 13.0. The SMILES string of the molecule is CN(C)c1nc([C@@H]2CCCCN2C(=O)Cc2cccnc2)cn2cccc12. The lowest BCUT2D eigenvalue weighted by atomic mass is 9.98. The number of carbonyl (C=O) groups excluding carboxylic acids is 1. The van der Waals surface area contributed by atoms with Crippen LogP contribution in [0.25, 0.3) is 5.52 Å². The average molecular weight is 363 g/mol. The molecule has 4 heterocycles. The molecule has 140 valence electrons. The van der Waals surface area contributed by atoms with Gasteiger partial charge in [0.1, 0.15) is 0 Å². The molecule has 4 rings (SSSR count). The van der Waals surface area contributed by atoms with Crippen LogP contribution in [0.3, 0.4) is 0 Å². The van der Waals surface area contributed by atoms with Crippen LogP contribution in [0.15, 0.2) is 49.1 Å². The maximum absolute atomic E-state index is 13.0. The Morgan fingerprint density at radius 1 is 1.26 bits per heavy atom. The fourth-order valence-electron chi connectivity index (χ4n) is 3.85. The van der Waals surface area contributed by atoms with Crippen molar-refractivity contribution in [1.29, 1.82) is 0 Å². The number of hydrogen-bond donors (Lipinski definition) is 0. The van der Waals surface area contributed by atoms with E-state index in [1.54, 1.807) is 12.4 Å². The summed E-state index contributed by atoms with van der Waals surface area (Å²) in [7, 11) is 4.01. The molecule has 3 aromatic rings. The first-order valence-corrected chi connectivity index (χ1v) is 9.47. The Labute approximate surface area is 159 Å². The van der Waals surface area contributed by atoms with E-state index in [0.717, 1.165) is 48.4 Å². The number of anilines is 1. The van der Waals surface area contributed by atoms with E-state index in [0.29, 0.717) is 6.42 Å². The van der Waals surface area contributed by atoms with E-state index in [2.05, 4.69) is 21.6 Å². The van der Waals surface area contributed by atoms with Crippen molar-refractivity contribution < 1.29 is 4.79 Å². The summed E-state index contributed by atoms with van der Waals surface area (Å²) in [6, 6.07) is 7.95. The molecule has 1 saturated heterocycles. The molecule has 0 radical (unpaired) electrons. The molecule has 0 aliphatic carbocycles. The van der Waals surface area contributed by atoms with Gasteiger partial charge in [-0.25, -0.2) is 4.98 Å². The van der Waals surface area contributed by atoms with E-state index < -0.39 is 0 Å². The van der Waals surface area contributed by atoms with Crippen LogP contribution >= 0.6 is 0 Å². The topological polar surface area (TPSA) is 53.7 Å². The zero-order chi connectivity index (χ0) is 18.8. The number of piperidine rings is 1. The third-order valence-corrected chi connectivity index (χ3v) is 5.18. The van der Waals surface area contributed by atoms with E-state index in [9.17, 15) is 4.79 Å². The van der Waals surface area contributed by atoms with E-state index in [4.69, 9.17) is 4.98 Å². The number of aromatic nitrogens is 3. The van der Waals surface area contributed by atoms with Crippen molar-refractivity contribution in [1.82, 2.24) is 19.3 Å². The van der Waals surface area contributed by atoms with Crippen molar-refractivity contribution in [3.05, 3.63) is 60.3 Å². The van der Waals surface area contributed by atoms with Gasteiger partial charge in [0.25, 0.3) is 0 Å². The molecule has 6 nitrogen and oxygen atoms in total. The number of rotatable bonds is 4. The quantitative estimate of drug-likeness (QED) is 0.715. The van der Waals surface area contributed by atoms with Gasteiger partial charge >= 0.3 is 0 Å². The second-order valence-corrected chi connectivity index (χ2v) is 7.32. The van der Waals surface area contributed by atoms with Gasteiger partial charge < -0.3 is 14.2 Å². The summed E-state index contributed by atoms with van der Waals surface area (Å²) in [5, 5.41) is 0. The van der Waals surface area contributed by atoms with E-state index in [1.807, 2.05) is 48.3 Å². The summed E-state index contributed by atoms with van der Waals surface area (Å²) in [6.07, 6.45) is 11.1. The molecule has 1 amide bonds. The summed E-state index contributed by atoms with van der Waals surface area (Å²) >= 11 is 0. The van der Waals surface area contributed by atoms with Gasteiger partial charge in [0.15, 0.2) is 5.82 Å². The van der Waals surface area contributed by atoms with Crippen molar-refractivity contribution >= 4 is 17.2 Å². The zero-order valence-electron chi connectivity index (χ0n) is 15.9. The van der Waals surface area contributed by atoms with Crippen LogP contribution in [0, 0.1) is 0 Å². The summed E-state index contributed by atoms with van der Waals surface area (Å²) in [4.78, 5) is 26.1. The molecule has 0 bridgehead atoms. The molecule has 0 unspecified atom stereocenters. The van der Waals surface area contributed by atoms with Crippen LogP contribution < -0.4 is 4.90 Å². The van der Waals surface area contributed by atoms with Gasteiger partial charge in [-0.05, 0) is 43.0 Å². The molecule has 1 fully saturated rings. The highest BCUT2D eigenvalue weighted by Gasteiger charge is 2.30. The van der Waals surface area contributed by atoms with Crippen LogP contribution in [-0.4, -0.2) is 45.8 Å². The van der Waals surface area contributed by atoms with Crippen molar-refractivity contribution in [2.45, 2.75) is 31.7 Å². The van der Waals surface area contributed by atoms with Gasteiger partial charge in [-0.2, -0.15) is 0 Å². The highest BCUT2D eigenvalue weighted by atomic mass is 16.2. The van der Waals surface area contributed by atoms with E-state index in [1.165, 1.54) is 0 Å². The van der Waals surface area contributed by atoms with Crippen molar-refractivity contribution in [3.8, 4) is 0 Å². The van der Waals surface area contributed by atoms with Gasteiger partial charge in [0, 0.05) is 45.4 Å². The average Bonchev–Trinajstić information content (AvgIpc) is 3.16. The largest absolute Gasteiger partial charge is 0.361 e. The van der Waals surface area contributed by atoms with Gasteiger partial charge in [-0.3, -0.25) is 9.78 Å². The number of fused-ring (bicyclic) bond motifs is 1. The Balaban J connectivity index is 1.66. The second-order valence-electron chi connectivity index (χ2n) is 7.32. The first kappa shape index (κ1) is 17.5. The Hall–Kier alpha value is -2.89. The molecule has 6 heteroatoms. The molecule has 27 heavy (non-hydrogen) atoms. The minimum Gasteiger partial charge on any atom is -0.361 e. The molecule has 0 saturated carbocycles. The number of nitrogens with zero attached hydrogens (tertiary/aromatic N) is 5. The normalized spacial score (nSPS) is 17.3. The predicted octanol–water partition coefficient (Wildman–Crippen LogP) is 3.09. The van der Waals surface area contributed by atoms with E-state index in [-0.39, 0.29) is 11.9 Å². The molecule has 1 aliphatic rings. The Bertz CT molecular complexity index is 934. The number of pyridine rings is 1. The van der Waals surface area contributed by atoms with Crippen molar-refractivity contribution in [2.24, 2.45) is 0 Å². The lowest BCUT2D eigenvalue weighted by Gasteiger charge is -2.36. The van der Waals surface area contributed by atoms with Crippen molar-refractivity contribution in [2.75, 3.05) is 25.5 Å². The molecule has 0 spiro atoms. The second kappa shape index (κ2) is 7.39. The van der Waals surface area contributed by atoms with E-state index >= 15 is 0 Å². The van der Waals surface area contributed by atoms with Crippen LogP contribution in [-0.2, 0) is 11.2 Å². The minimum atomic E-state index is 0.0217. The number of amides is 1. The lowest BCUT2D eigenvalue weighted by molar-refractivity contribution is -0.134. The Morgan fingerprint density at radius 2 is 2.15 bits per heavy atom. The summed E-state index contributed by atoms with van der Waals surface area (Å²) in [6.45, 7) is 0.784. The predicted molar refractivity (Wildman–Crippen MR) is 106 cm³/mol. The molecule has 1 atom stereocenters. The molecular weight excluding hydrogens is 338 g/mol. The van der Waals surface area contributed by atoms with Crippen LogP contribution in [0.5, 0.6) is 0 Å². The minimum absolute atomic E-state index is 0.0217. The van der Waals surface area contributed by atoms with Crippen molar-refractivity contribution in [3.63, 3.8) is 0 Å². The first-order chi connectivity index (χ1) is 13.1. The molecule has 1 aliphatic heterocycles. The first-order valence-electron chi connectivity index (χ1n) is 9.47. The lowest BCUT2D eigenvalue weighted by Crippen LogP contribution is -2.40. The number of likely N-dealkylation sites (tertiary alicyclic amines) is 1. The zero-order valence-corrected chi connectivity index (χ0v) is 15.9. The Morgan fingerprint density at radius 3 is 2.93 bits per heavy atom. The molecular formula is C21H25N5O. The van der Waals surface area contributed by atoms with Gasteiger partial charge in [0.2, 0.25) is 5.91 Å². The third kappa shape index (κ3) is 3.52. The fourth-order valence-corrected chi connectivity index (χ4v) is 3.85. The highest BCUT2D eigenvalue weighted by Crippen LogP contribution is 2.32. The summed E-state index contributed by atoms with van der Waals surface area (Å²) < 4.78 is 2.11. The van der Waals surface area contributed by atoms with Gasteiger partial charge in [-0.15, -0.1) is 0 Å². The van der Waals surface area contributed by atoms with Crippen LogP contribution in [0.4, 0.5) is 5.82 Å². The highest BCUT2D eigenvalue weighted by molar-refractivity contribution is 5.79. The monoisotopic (exact) mass is 363 g/mol.